The Balaban J connectivity index is 1.47. The number of halogens is 1. The highest BCUT2D eigenvalue weighted by Crippen LogP contribution is 2.40. The molecule has 1 aliphatic heterocycles. The number of ether oxygens (including phenoxy) is 1. The van der Waals surface area contributed by atoms with Crippen LogP contribution < -0.4 is 15.0 Å². The molecule has 0 bridgehead atoms. The van der Waals surface area contributed by atoms with Gasteiger partial charge in [-0.2, -0.15) is 4.98 Å². The number of nitrogens with zero attached hydrogens (tertiary/aromatic N) is 3. The maximum absolute atomic E-state index is 13.5. The van der Waals surface area contributed by atoms with Crippen LogP contribution in [0.25, 0.3) is 17.0 Å². The number of urea groups is 1. The summed E-state index contributed by atoms with van der Waals surface area (Å²) in [4.78, 5) is 19.8. The smallest absolute Gasteiger partial charge is 0.326 e. The first-order valence-electron chi connectivity index (χ1n) is 12.2. The number of methoxy groups -OCH3 is 1. The van der Waals surface area contributed by atoms with Gasteiger partial charge < -0.3 is 14.6 Å². The number of hydrogen-bond acceptors (Lipinski definition) is 5. The molecular weight excluding hydrogens is 471 g/mol. The Labute approximate surface area is 213 Å². The number of carbonyl (C=O) groups excluding carboxylic acids is 1. The van der Waals surface area contributed by atoms with E-state index in [1.807, 2.05) is 37.3 Å². The number of allylic oxidation sites excluding steroid dienone is 1. The molecule has 1 aliphatic carbocycles. The molecule has 2 heterocycles. The second kappa shape index (κ2) is 9.20. The minimum atomic E-state index is -0.523. The number of nitrogens with one attached hydrogen (secondary N) is 1. The molecular formula is C29H25FN4O3. The van der Waals surface area contributed by atoms with E-state index in [2.05, 4.69) is 27.6 Å². The lowest BCUT2D eigenvalue weighted by Gasteiger charge is -2.35. The molecule has 0 radical (unpaired) electrons. The van der Waals surface area contributed by atoms with Gasteiger partial charge in [-0.3, -0.25) is 4.90 Å². The third-order valence-corrected chi connectivity index (χ3v) is 7.03. The van der Waals surface area contributed by atoms with Gasteiger partial charge in [0.15, 0.2) is 0 Å². The Hall–Kier alpha value is -4.46. The molecule has 7 nitrogen and oxygen atoms in total. The Kier molecular flexibility index (Phi) is 5.71. The molecule has 3 aromatic carbocycles. The van der Waals surface area contributed by atoms with Crippen molar-refractivity contribution >= 4 is 17.3 Å². The standard InChI is InChI=1S/C29H25FN4O3/c1-17-25(28-32-27(33-37-28)20-6-11-22(30)12-7-20)26(19-9-14-24(36-2)15-10-19)31-29(35)34(17)23-13-8-18-4-3-5-21(18)16-23/h6-16,26H,3-5H2,1-2H3,(H,31,35). The molecule has 4 aromatic rings. The molecule has 8 heteroatoms. The lowest BCUT2D eigenvalue weighted by Crippen LogP contribution is -2.46. The topological polar surface area (TPSA) is 80.5 Å². The number of carbonyl (C=O) groups is 1. The number of rotatable bonds is 5. The van der Waals surface area contributed by atoms with Gasteiger partial charge in [0.2, 0.25) is 5.82 Å². The summed E-state index contributed by atoms with van der Waals surface area (Å²) in [6, 6.07) is 18.8. The van der Waals surface area contributed by atoms with Crippen LogP contribution >= 0.6 is 0 Å². The maximum atomic E-state index is 13.5. The first-order valence-corrected chi connectivity index (χ1v) is 12.2. The predicted octanol–water partition coefficient (Wildman–Crippen LogP) is 6.08. The van der Waals surface area contributed by atoms with Crippen molar-refractivity contribution in [3.05, 3.63) is 101 Å². The van der Waals surface area contributed by atoms with Crippen LogP contribution in [0.3, 0.4) is 0 Å². The van der Waals surface area contributed by atoms with Gasteiger partial charge in [0.25, 0.3) is 5.89 Å². The SMILES string of the molecule is COc1ccc(C2NC(=O)N(c3ccc4c(c3)CCC4)C(C)=C2c2nc(-c3ccc(F)cc3)no2)cc1. The lowest BCUT2D eigenvalue weighted by molar-refractivity contribution is 0.244. The van der Waals surface area contributed by atoms with Crippen LogP contribution in [0.2, 0.25) is 0 Å². The molecule has 1 unspecified atom stereocenters. The average molecular weight is 497 g/mol. The molecule has 1 aromatic heterocycles. The molecule has 0 spiro atoms. The first-order chi connectivity index (χ1) is 18.0. The van der Waals surface area contributed by atoms with E-state index < -0.39 is 6.04 Å². The molecule has 0 saturated carbocycles. The van der Waals surface area contributed by atoms with E-state index in [-0.39, 0.29) is 17.7 Å². The Morgan fingerprint density at radius 1 is 1.03 bits per heavy atom. The molecule has 0 saturated heterocycles. The lowest BCUT2D eigenvalue weighted by atomic mass is 9.94. The number of aryl methyl sites for hydroxylation is 2. The first kappa shape index (κ1) is 23.0. The second-order valence-electron chi connectivity index (χ2n) is 9.23. The minimum absolute atomic E-state index is 0.238. The monoisotopic (exact) mass is 496 g/mol. The second-order valence-corrected chi connectivity index (χ2v) is 9.23. The summed E-state index contributed by atoms with van der Waals surface area (Å²) < 4.78 is 24.5. The fraction of sp³-hybridized carbons (Fsp3) is 0.207. The third-order valence-electron chi connectivity index (χ3n) is 7.03. The van der Waals surface area contributed by atoms with Crippen LogP contribution in [0.15, 0.2) is 77.0 Å². The summed E-state index contributed by atoms with van der Waals surface area (Å²) in [7, 11) is 1.61. The zero-order valence-electron chi connectivity index (χ0n) is 20.5. The molecule has 1 atom stereocenters. The summed E-state index contributed by atoms with van der Waals surface area (Å²) in [5.41, 5.74) is 6.25. The van der Waals surface area contributed by atoms with Crippen LogP contribution in [0.5, 0.6) is 5.75 Å². The summed E-state index contributed by atoms with van der Waals surface area (Å²) >= 11 is 0. The summed E-state index contributed by atoms with van der Waals surface area (Å²) in [6.45, 7) is 1.89. The number of fused-ring (bicyclic) bond motifs is 1. The minimum Gasteiger partial charge on any atom is -0.497 e. The third kappa shape index (κ3) is 4.14. The Bertz CT molecular complexity index is 1510. The molecule has 0 fully saturated rings. The molecule has 6 rings (SSSR count). The molecule has 2 aliphatic rings. The van der Waals surface area contributed by atoms with E-state index in [9.17, 15) is 9.18 Å². The van der Waals surface area contributed by atoms with Crippen LogP contribution in [0.4, 0.5) is 14.9 Å². The van der Waals surface area contributed by atoms with Crippen LogP contribution in [0, 0.1) is 5.82 Å². The number of benzene rings is 3. The van der Waals surface area contributed by atoms with E-state index in [0.717, 1.165) is 30.5 Å². The van der Waals surface area contributed by atoms with Crippen molar-refractivity contribution in [3.8, 4) is 17.1 Å². The number of anilines is 1. The average Bonchev–Trinajstić information content (AvgIpc) is 3.59. The zero-order valence-corrected chi connectivity index (χ0v) is 20.5. The van der Waals surface area contributed by atoms with Gasteiger partial charge in [-0.25, -0.2) is 9.18 Å². The Morgan fingerprint density at radius 3 is 2.54 bits per heavy atom. The van der Waals surface area contributed by atoms with Crippen molar-refractivity contribution in [3.63, 3.8) is 0 Å². The highest BCUT2D eigenvalue weighted by Gasteiger charge is 2.36. The van der Waals surface area contributed by atoms with E-state index >= 15 is 0 Å². The number of amides is 2. The predicted molar refractivity (Wildman–Crippen MR) is 137 cm³/mol. The largest absolute Gasteiger partial charge is 0.497 e. The van der Waals surface area contributed by atoms with Crippen LogP contribution in [-0.2, 0) is 12.8 Å². The van der Waals surface area contributed by atoms with Gasteiger partial charge in [0, 0.05) is 11.3 Å². The summed E-state index contributed by atoms with van der Waals surface area (Å²) in [5, 5.41) is 7.28. The van der Waals surface area contributed by atoms with Crippen molar-refractivity contribution in [2.24, 2.45) is 0 Å². The van der Waals surface area contributed by atoms with E-state index in [1.54, 1.807) is 24.1 Å². The van der Waals surface area contributed by atoms with Crippen molar-refractivity contribution in [2.45, 2.75) is 32.2 Å². The van der Waals surface area contributed by atoms with E-state index in [0.29, 0.717) is 28.4 Å². The molecule has 2 amide bonds. The quantitative estimate of drug-likeness (QED) is 0.362. The zero-order chi connectivity index (χ0) is 25.5. The van der Waals surface area contributed by atoms with Crippen molar-refractivity contribution in [2.75, 3.05) is 12.0 Å². The van der Waals surface area contributed by atoms with Gasteiger partial charge >= 0.3 is 6.03 Å². The van der Waals surface area contributed by atoms with Crippen molar-refractivity contribution in [1.29, 1.82) is 0 Å². The number of hydrogen-bond donors (Lipinski definition) is 1. The van der Waals surface area contributed by atoms with Crippen LogP contribution in [0.1, 0.15) is 42.0 Å². The highest BCUT2D eigenvalue weighted by atomic mass is 19.1. The number of aromatic nitrogens is 2. The van der Waals surface area contributed by atoms with Gasteiger partial charge in [0.05, 0.1) is 24.4 Å². The normalized spacial score (nSPS) is 17.1. The van der Waals surface area contributed by atoms with Crippen LogP contribution in [-0.4, -0.2) is 23.3 Å². The van der Waals surface area contributed by atoms with E-state index in [4.69, 9.17) is 9.26 Å². The van der Waals surface area contributed by atoms with Gasteiger partial charge in [-0.1, -0.05) is 23.4 Å². The summed E-state index contributed by atoms with van der Waals surface area (Å²) in [6.07, 6.45) is 3.20. The highest BCUT2D eigenvalue weighted by molar-refractivity contribution is 6.01. The van der Waals surface area contributed by atoms with Crippen molar-refractivity contribution < 1.29 is 18.4 Å². The van der Waals surface area contributed by atoms with Gasteiger partial charge in [-0.15, -0.1) is 0 Å². The Morgan fingerprint density at radius 2 is 1.78 bits per heavy atom. The fourth-order valence-corrected chi connectivity index (χ4v) is 5.12. The molecule has 1 N–H and O–H groups in total. The van der Waals surface area contributed by atoms with Gasteiger partial charge in [0.1, 0.15) is 11.6 Å². The fourth-order valence-electron chi connectivity index (χ4n) is 5.12. The van der Waals surface area contributed by atoms with Crippen molar-refractivity contribution in [1.82, 2.24) is 15.5 Å². The summed E-state index contributed by atoms with van der Waals surface area (Å²) in [5.74, 6) is 0.989. The molecule has 186 valence electrons. The van der Waals surface area contributed by atoms with Gasteiger partial charge in [-0.05, 0) is 91.4 Å². The maximum Gasteiger partial charge on any atom is 0.326 e. The molecule has 37 heavy (non-hydrogen) atoms. The van der Waals surface area contributed by atoms with E-state index in [1.165, 1.54) is 23.3 Å².